The number of hydrogen-bond donors (Lipinski definition) is 1. The first-order valence-electron chi connectivity index (χ1n) is 8.49. The highest BCUT2D eigenvalue weighted by molar-refractivity contribution is 5.90. The zero-order valence-corrected chi connectivity index (χ0v) is 14.0. The normalized spacial score (nSPS) is 16.9. The summed E-state index contributed by atoms with van der Waals surface area (Å²) in [5, 5.41) is 2.93. The number of halogens is 1. The van der Waals surface area contributed by atoms with Crippen LogP contribution in [-0.4, -0.2) is 29.3 Å². The Morgan fingerprint density at radius 1 is 1.08 bits per heavy atom. The summed E-state index contributed by atoms with van der Waals surface area (Å²) in [4.78, 5) is 26.2. The van der Waals surface area contributed by atoms with E-state index in [4.69, 9.17) is 0 Å². The molecule has 1 atom stereocenters. The molecule has 1 aliphatic heterocycles. The molecule has 0 bridgehead atoms. The third-order valence-electron chi connectivity index (χ3n) is 4.45. The molecule has 2 aromatic carbocycles. The second kappa shape index (κ2) is 7.92. The largest absolute Gasteiger partial charge is 0.354 e. The molecule has 1 heterocycles. The Kier molecular flexibility index (Phi) is 5.43. The maximum Gasteiger partial charge on any atom is 0.242 e. The molecule has 1 unspecified atom stereocenters. The van der Waals surface area contributed by atoms with Gasteiger partial charge in [0, 0.05) is 19.5 Å². The molecule has 1 N–H and O–H groups in total. The van der Waals surface area contributed by atoms with E-state index < -0.39 is 6.04 Å². The molecule has 0 aromatic heterocycles. The zero-order valence-electron chi connectivity index (χ0n) is 14.0. The van der Waals surface area contributed by atoms with E-state index in [9.17, 15) is 14.0 Å². The lowest BCUT2D eigenvalue weighted by atomic mass is 10.1. The average molecular weight is 340 g/mol. The summed E-state index contributed by atoms with van der Waals surface area (Å²) >= 11 is 0. The van der Waals surface area contributed by atoms with Gasteiger partial charge in [-0.1, -0.05) is 42.5 Å². The van der Waals surface area contributed by atoms with Crippen molar-refractivity contribution in [2.75, 3.05) is 6.54 Å². The summed E-state index contributed by atoms with van der Waals surface area (Å²) in [5.74, 6) is -0.469. The fourth-order valence-electron chi connectivity index (χ4n) is 3.08. The number of nitrogens with zero attached hydrogens (tertiary/aromatic N) is 1. The Bertz CT molecular complexity index is 731. The van der Waals surface area contributed by atoms with Gasteiger partial charge in [0.05, 0.1) is 0 Å². The van der Waals surface area contributed by atoms with Crippen molar-refractivity contribution in [2.45, 2.75) is 31.8 Å². The SMILES string of the molecule is O=C(NCCc1ccccc1)C1CCC(=O)N1Cc1ccc(F)cc1. The highest BCUT2D eigenvalue weighted by Gasteiger charge is 2.35. The van der Waals surface area contributed by atoms with E-state index in [0.717, 1.165) is 17.5 Å². The Balaban J connectivity index is 1.56. The van der Waals surface area contributed by atoms with Crippen LogP contribution in [0.3, 0.4) is 0 Å². The van der Waals surface area contributed by atoms with Crippen molar-refractivity contribution in [2.24, 2.45) is 0 Å². The van der Waals surface area contributed by atoms with E-state index in [1.165, 1.54) is 12.1 Å². The first kappa shape index (κ1) is 17.1. The number of carbonyl (C=O) groups is 2. The summed E-state index contributed by atoms with van der Waals surface area (Å²) in [7, 11) is 0. The fraction of sp³-hybridized carbons (Fsp3) is 0.300. The van der Waals surface area contributed by atoms with Crippen LogP contribution in [0.4, 0.5) is 4.39 Å². The predicted molar refractivity (Wildman–Crippen MR) is 93.1 cm³/mol. The molecule has 130 valence electrons. The van der Waals surface area contributed by atoms with E-state index in [1.807, 2.05) is 30.3 Å². The highest BCUT2D eigenvalue weighted by Crippen LogP contribution is 2.22. The molecule has 2 amide bonds. The smallest absolute Gasteiger partial charge is 0.242 e. The van der Waals surface area contributed by atoms with Gasteiger partial charge in [-0.05, 0) is 36.1 Å². The Hall–Kier alpha value is -2.69. The topological polar surface area (TPSA) is 49.4 Å². The van der Waals surface area contributed by atoms with Gasteiger partial charge in [-0.2, -0.15) is 0 Å². The van der Waals surface area contributed by atoms with Crippen molar-refractivity contribution in [3.05, 3.63) is 71.5 Å². The fourth-order valence-corrected chi connectivity index (χ4v) is 3.08. The quantitative estimate of drug-likeness (QED) is 0.879. The van der Waals surface area contributed by atoms with Gasteiger partial charge in [0.1, 0.15) is 11.9 Å². The minimum atomic E-state index is -0.451. The molecular weight excluding hydrogens is 319 g/mol. The lowest BCUT2D eigenvalue weighted by molar-refractivity contribution is -0.135. The van der Waals surface area contributed by atoms with Crippen molar-refractivity contribution >= 4 is 11.8 Å². The molecule has 0 saturated carbocycles. The molecular formula is C20H21FN2O2. The number of nitrogens with one attached hydrogen (secondary N) is 1. The number of hydrogen-bond acceptors (Lipinski definition) is 2. The maximum absolute atomic E-state index is 13.0. The van der Waals surface area contributed by atoms with Gasteiger partial charge in [-0.3, -0.25) is 9.59 Å². The maximum atomic E-state index is 13.0. The third kappa shape index (κ3) is 4.44. The average Bonchev–Trinajstić information content (AvgIpc) is 2.98. The Morgan fingerprint density at radius 2 is 1.80 bits per heavy atom. The molecule has 25 heavy (non-hydrogen) atoms. The van der Waals surface area contributed by atoms with Gasteiger partial charge in [0.2, 0.25) is 11.8 Å². The van der Waals surface area contributed by atoms with E-state index in [0.29, 0.717) is 25.9 Å². The summed E-state index contributed by atoms with van der Waals surface area (Å²) in [6.45, 7) is 0.869. The van der Waals surface area contributed by atoms with Crippen molar-refractivity contribution in [3.63, 3.8) is 0 Å². The molecule has 4 nitrogen and oxygen atoms in total. The Morgan fingerprint density at radius 3 is 2.52 bits per heavy atom. The van der Waals surface area contributed by atoms with Crippen LogP contribution < -0.4 is 5.32 Å². The van der Waals surface area contributed by atoms with Gasteiger partial charge < -0.3 is 10.2 Å². The molecule has 5 heteroatoms. The molecule has 1 saturated heterocycles. The number of benzene rings is 2. The molecule has 0 radical (unpaired) electrons. The monoisotopic (exact) mass is 340 g/mol. The van der Waals surface area contributed by atoms with Crippen molar-refractivity contribution in [1.82, 2.24) is 10.2 Å². The van der Waals surface area contributed by atoms with Gasteiger partial charge in [-0.15, -0.1) is 0 Å². The summed E-state index contributed by atoms with van der Waals surface area (Å²) in [6, 6.07) is 15.5. The molecule has 1 fully saturated rings. The molecule has 3 rings (SSSR count). The zero-order chi connectivity index (χ0) is 17.6. The van der Waals surface area contributed by atoms with Crippen LogP contribution in [0.25, 0.3) is 0 Å². The molecule has 0 aliphatic carbocycles. The van der Waals surface area contributed by atoms with Gasteiger partial charge in [0.15, 0.2) is 0 Å². The van der Waals surface area contributed by atoms with E-state index >= 15 is 0 Å². The van der Waals surface area contributed by atoms with Gasteiger partial charge in [0.25, 0.3) is 0 Å². The van der Waals surface area contributed by atoms with Crippen LogP contribution in [0.5, 0.6) is 0 Å². The van der Waals surface area contributed by atoms with Crippen LogP contribution in [-0.2, 0) is 22.6 Å². The second-order valence-corrected chi connectivity index (χ2v) is 6.23. The van der Waals surface area contributed by atoms with Crippen molar-refractivity contribution < 1.29 is 14.0 Å². The third-order valence-corrected chi connectivity index (χ3v) is 4.45. The number of likely N-dealkylation sites (tertiary alicyclic amines) is 1. The summed E-state index contributed by atoms with van der Waals surface area (Å²) < 4.78 is 13.0. The van der Waals surface area contributed by atoms with Crippen molar-refractivity contribution in [1.29, 1.82) is 0 Å². The first-order chi connectivity index (χ1) is 12.1. The van der Waals surface area contributed by atoms with Crippen molar-refractivity contribution in [3.8, 4) is 0 Å². The van der Waals surface area contributed by atoms with Gasteiger partial charge >= 0.3 is 0 Å². The van der Waals surface area contributed by atoms with Crippen LogP contribution in [0.1, 0.15) is 24.0 Å². The van der Waals surface area contributed by atoms with Crippen LogP contribution in [0.15, 0.2) is 54.6 Å². The number of carbonyl (C=O) groups excluding carboxylic acids is 2. The summed E-state index contributed by atoms with van der Waals surface area (Å²) in [6.07, 6.45) is 1.65. The highest BCUT2D eigenvalue weighted by atomic mass is 19.1. The number of rotatable bonds is 6. The van der Waals surface area contributed by atoms with Crippen LogP contribution >= 0.6 is 0 Å². The van der Waals surface area contributed by atoms with Crippen LogP contribution in [0.2, 0.25) is 0 Å². The van der Waals surface area contributed by atoms with E-state index in [-0.39, 0.29) is 17.6 Å². The van der Waals surface area contributed by atoms with Gasteiger partial charge in [-0.25, -0.2) is 4.39 Å². The van der Waals surface area contributed by atoms with E-state index in [2.05, 4.69) is 5.32 Å². The minimum Gasteiger partial charge on any atom is -0.354 e. The molecule has 1 aliphatic rings. The lowest BCUT2D eigenvalue weighted by Crippen LogP contribution is -2.44. The number of amides is 2. The molecule has 0 spiro atoms. The first-order valence-corrected chi connectivity index (χ1v) is 8.49. The molecule has 2 aromatic rings. The lowest BCUT2D eigenvalue weighted by Gasteiger charge is -2.24. The van der Waals surface area contributed by atoms with Crippen LogP contribution in [0, 0.1) is 5.82 Å². The summed E-state index contributed by atoms with van der Waals surface area (Å²) in [5.41, 5.74) is 1.98. The predicted octanol–water partition coefficient (Wildman–Crippen LogP) is 2.68. The Labute approximate surface area is 146 Å². The standard InChI is InChI=1S/C20H21FN2O2/c21-17-8-6-16(7-9-17)14-23-18(10-11-19(23)24)20(25)22-13-12-15-4-2-1-3-5-15/h1-9,18H,10-14H2,(H,22,25). The van der Waals surface area contributed by atoms with E-state index in [1.54, 1.807) is 17.0 Å². The second-order valence-electron chi connectivity index (χ2n) is 6.23. The minimum absolute atomic E-state index is 0.0347.